The molecule has 0 bridgehead atoms. The van der Waals surface area contributed by atoms with Crippen LogP contribution in [0.15, 0.2) is 61.2 Å². The summed E-state index contributed by atoms with van der Waals surface area (Å²) < 4.78 is 13.5. The fourth-order valence-corrected chi connectivity index (χ4v) is 2.96. The van der Waals surface area contributed by atoms with E-state index in [-0.39, 0.29) is 24.6 Å². The Hall–Kier alpha value is -2.50. The molecule has 0 N–H and O–H groups in total. The molecule has 3 rings (SSSR count). The van der Waals surface area contributed by atoms with Crippen LogP contribution in [0.1, 0.15) is 21.5 Å². The van der Waals surface area contributed by atoms with Crippen molar-refractivity contribution < 1.29 is 9.18 Å². The van der Waals surface area contributed by atoms with Gasteiger partial charge in [-0.25, -0.2) is 14.4 Å². The third kappa shape index (κ3) is 4.56. The van der Waals surface area contributed by atoms with Crippen molar-refractivity contribution in [3.8, 4) is 0 Å². The lowest BCUT2D eigenvalue weighted by molar-refractivity contribution is 0.0729. The van der Waals surface area contributed by atoms with Crippen molar-refractivity contribution in [2.75, 3.05) is 0 Å². The Balaban J connectivity index is 1.91. The number of carbonyl (C=O) groups is 1. The van der Waals surface area contributed by atoms with Gasteiger partial charge < -0.3 is 4.90 Å². The van der Waals surface area contributed by atoms with Crippen LogP contribution in [0.4, 0.5) is 4.39 Å². The molecule has 3 aromatic rings. The Morgan fingerprint density at radius 3 is 2.50 bits per heavy atom. The lowest BCUT2D eigenvalue weighted by atomic mass is 10.1. The molecule has 0 saturated heterocycles. The summed E-state index contributed by atoms with van der Waals surface area (Å²) in [6.45, 7) is 0.495. The summed E-state index contributed by atoms with van der Waals surface area (Å²) in [5, 5.41) is 0.970. The molecule has 4 nitrogen and oxygen atoms in total. The van der Waals surface area contributed by atoms with Gasteiger partial charge in [-0.3, -0.25) is 4.79 Å². The molecular weight excluding hydrogens is 376 g/mol. The van der Waals surface area contributed by atoms with Crippen LogP contribution in [0, 0.1) is 5.82 Å². The number of carbonyl (C=O) groups excluding carboxylic acids is 1. The zero-order valence-electron chi connectivity index (χ0n) is 13.6. The highest BCUT2D eigenvalue weighted by atomic mass is 35.5. The van der Waals surface area contributed by atoms with Crippen LogP contribution in [-0.4, -0.2) is 20.8 Å². The minimum absolute atomic E-state index is 0.236. The molecule has 0 atom stereocenters. The van der Waals surface area contributed by atoms with E-state index in [0.29, 0.717) is 10.0 Å². The Morgan fingerprint density at radius 1 is 1.04 bits per heavy atom. The molecule has 0 aliphatic carbocycles. The highest BCUT2D eigenvalue weighted by Gasteiger charge is 2.19. The molecule has 0 spiro atoms. The van der Waals surface area contributed by atoms with Gasteiger partial charge in [0, 0.05) is 46.7 Å². The first-order chi connectivity index (χ1) is 12.5. The lowest BCUT2D eigenvalue weighted by Crippen LogP contribution is -2.30. The number of nitrogens with zero attached hydrogens (tertiary/aromatic N) is 3. The molecule has 1 aromatic heterocycles. The summed E-state index contributed by atoms with van der Waals surface area (Å²) >= 11 is 12.2. The van der Waals surface area contributed by atoms with Gasteiger partial charge in [0.25, 0.3) is 5.91 Å². The zero-order chi connectivity index (χ0) is 18.5. The molecule has 0 fully saturated rings. The van der Waals surface area contributed by atoms with Gasteiger partial charge in [-0.1, -0.05) is 35.3 Å². The van der Waals surface area contributed by atoms with Crippen molar-refractivity contribution in [1.82, 2.24) is 14.9 Å². The molecule has 0 saturated carbocycles. The van der Waals surface area contributed by atoms with Gasteiger partial charge in [0.2, 0.25) is 0 Å². The first kappa shape index (κ1) is 18.3. The third-order valence-corrected chi connectivity index (χ3v) is 4.31. The van der Waals surface area contributed by atoms with Crippen molar-refractivity contribution in [1.29, 1.82) is 0 Å². The Bertz CT molecular complexity index is 922. The SMILES string of the molecule is O=C(c1cccc(F)c1)N(Cc1cncnc1)Cc1ccc(Cl)cc1Cl. The first-order valence-electron chi connectivity index (χ1n) is 7.75. The summed E-state index contributed by atoms with van der Waals surface area (Å²) in [6.07, 6.45) is 4.67. The first-order valence-corrected chi connectivity index (χ1v) is 8.51. The van der Waals surface area contributed by atoms with Crippen molar-refractivity contribution >= 4 is 29.1 Å². The summed E-state index contributed by atoms with van der Waals surface area (Å²) in [7, 11) is 0. The molecule has 0 radical (unpaired) electrons. The molecule has 0 aliphatic rings. The lowest BCUT2D eigenvalue weighted by Gasteiger charge is -2.23. The molecule has 0 aliphatic heterocycles. The van der Waals surface area contributed by atoms with Gasteiger partial charge in [0.1, 0.15) is 12.1 Å². The van der Waals surface area contributed by atoms with E-state index < -0.39 is 5.82 Å². The van der Waals surface area contributed by atoms with Crippen LogP contribution in [0.3, 0.4) is 0 Å². The van der Waals surface area contributed by atoms with Crippen molar-refractivity contribution in [2.45, 2.75) is 13.1 Å². The number of hydrogen-bond donors (Lipinski definition) is 0. The molecule has 26 heavy (non-hydrogen) atoms. The molecule has 1 amide bonds. The Kier molecular flexibility index (Phi) is 5.81. The van der Waals surface area contributed by atoms with E-state index in [1.54, 1.807) is 41.6 Å². The van der Waals surface area contributed by atoms with E-state index in [1.807, 2.05) is 0 Å². The van der Waals surface area contributed by atoms with E-state index in [2.05, 4.69) is 9.97 Å². The summed E-state index contributed by atoms with van der Waals surface area (Å²) in [4.78, 5) is 22.4. The van der Waals surface area contributed by atoms with Crippen LogP contribution in [0.5, 0.6) is 0 Å². The minimum Gasteiger partial charge on any atom is -0.330 e. The summed E-state index contributed by atoms with van der Waals surface area (Å²) in [5.41, 5.74) is 1.74. The minimum atomic E-state index is -0.469. The van der Waals surface area contributed by atoms with Gasteiger partial charge in [0.05, 0.1) is 0 Å². The van der Waals surface area contributed by atoms with Crippen LogP contribution in [-0.2, 0) is 13.1 Å². The van der Waals surface area contributed by atoms with Gasteiger partial charge in [0.15, 0.2) is 0 Å². The average molecular weight is 390 g/mol. The highest BCUT2D eigenvalue weighted by Crippen LogP contribution is 2.24. The second-order valence-electron chi connectivity index (χ2n) is 5.65. The molecular formula is C19H14Cl2FN3O. The van der Waals surface area contributed by atoms with Crippen LogP contribution >= 0.6 is 23.2 Å². The normalized spacial score (nSPS) is 10.6. The van der Waals surface area contributed by atoms with E-state index >= 15 is 0 Å². The number of hydrogen-bond acceptors (Lipinski definition) is 3. The average Bonchev–Trinajstić information content (AvgIpc) is 2.63. The predicted octanol–water partition coefficient (Wildman–Crippen LogP) is 4.77. The molecule has 1 heterocycles. The highest BCUT2D eigenvalue weighted by molar-refractivity contribution is 6.35. The maximum absolute atomic E-state index is 13.5. The maximum atomic E-state index is 13.5. The van der Waals surface area contributed by atoms with E-state index in [4.69, 9.17) is 23.2 Å². The zero-order valence-corrected chi connectivity index (χ0v) is 15.1. The van der Waals surface area contributed by atoms with Gasteiger partial charge in [-0.15, -0.1) is 0 Å². The smallest absolute Gasteiger partial charge is 0.254 e. The Morgan fingerprint density at radius 2 is 1.81 bits per heavy atom. The van der Waals surface area contributed by atoms with Gasteiger partial charge in [-0.05, 0) is 35.9 Å². The second-order valence-corrected chi connectivity index (χ2v) is 6.50. The van der Waals surface area contributed by atoms with Gasteiger partial charge >= 0.3 is 0 Å². The molecule has 132 valence electrons. The third-order valence-electron chi connectivity index (χ3n) is 3.72. The summed E-state index contributed by atoms with van der Waals surface area (Å²) in [6, 6.07) is 10.7. The fourth-order valence-electron chi connectivity index (χ4n) is 2.49. The number of amides is 1. The quantitative estimate of drug-likeness (QED) is 0.631. The van der Waals surface area contributed by atoms with Crippen molar-refractivity contribution in [3.05, 3.63) is 93.7 Å². The predicted molar refractivity (Wildman–Crippen MR) is 98.5 cm³/mol. The number of aromatic nitrogens is 2. The number of rotatable bonds is 5. The fraction of sp³-hybridized carbons (Fsp3) is 0.105. The van der Waals surface area contributed by atoms with Crippen LogP contribution in [0.25, 0.3) is 0 Å². The van der Waals surface area contributed by atoms with E-state index in [1.165, 1.54) is 24.5 Å². The largest absolute Gasteiger partial charge is 0.330 e. The summed E-state index contributed by atoms with van der Waals surface area (Å²) in [5.74, 6) is -0.789. The van der Waals surface area contributed by atoms with E-state index in [9.17, 15) is 9.18 Å². The second kappa shape index (κ2) is 8.25. The van der Waals surface area contributed by atoms with Crippen molar-refractivity contribution in [3.63, 3.8) is 0 Å². The van der Waals surface area contributed by atoms with E-state index in [0.717, 1.165) is 11.1 Å². The maximum Gasteiger partial charge on any atom is 0.254 e. The molecule has 0 unspecified atom stereocenters. The van der Waals surface area contributed by atoms with Crippen LogP contribution in [0.2, 0.25) is 10.0 Å². The van der Waals surface area contributed by atoms with Crippen molar-refractivity contribution in [2.24, 2.45) is 0 Å². The van der Waals surface area contributed by atoms with Gasteiger partial charge in [-0.2, -0.15) is 0 Å². The monoisotopic (exact) mass is 389 g/mol. The number of benzene rings is 2. The number of halogens is 3. The topological polar surface area (TPSA) is 46.1 Å². The standard InChI is InChI=1S/C19H14Cl2FN3O/c20-16-5-4-15(18(21)7-16)11-25(10-13-8-23-12-24-9-13)19(26)14-2-1-3-17(22)6-14/h1-9,12H,10-11H2. The Labute approximate surface area is 160 Å². The molecule has 2 aromatic carbocycles. The molecule has 7 heteroatoms. The van der Waals surface area contributed by atoms with Crippen LogP contribution < -0.4 is 0 Å².